The molecule has 1 unspecified atom stereocenters. The summed E-state index contributed by atoms with van der Waals surface area (Å²) in [6, 6.07) is 0. The van der Waals surface area contributed by atoms with Crippen molar-refractivity contribution in [2.24, 2.45) is 0 Å². The number of nitrogens with one attached hydrogen (secondary N) is 2. The van der Waals surface area contributed by atoms with E-state index in [0.717, 1.165) is 12.8 Å². The first-order chi connectivity index (χ1) is 13.5. The maximum Gasteiger partial charge on any atom is 0.405 e. The quantitative estimate of drug-likeness (QED) is 0.224. The van der Waals surface area contributed by atoms with Crippen LogP contribution in [0.3, 0.4) is 0 Å². The van der Waals surface area contributed by atoms with E-state index in [2.05, 4.69) is 10.1 Å². The van der Waals surface area contributed by atoms with Crippen LogP contribution in [0.2, 0.25) is 0 Å². The number of H-pyrrole nitrogens is 1. The van der Waals surface area contributed by atoms with E-state index in [1.54, 1.807) is 19.1 Å². The van der Waals surface area contributed by atoms with Gasteiger partial charge in [0.25, 0.3) is 5.56 Å². The van der Waals surface area contributed by atoms with Gasteiger partial charge in [-0.25, -0.2) is 14.4 Å². The van der Waals surface area contributed by atoms with Gasteiger partial charge >= 0.3 is 13.4 Å². The Kier molecular flexibility index (Phi) is 9.00. The molecule has 1 aliphatic rings. The van der Waals surface area contributed by atoms with Gasteiger partial charge in [0.15, 0.2) is 6.23 Å². The number of aromatic amines is 1. The summed E-state index contributed by atoms with van der Waals surface area (Å²) in [6.07, 6.45) is 4.98. The largest absolute Gasteiger partial charge is 0.405 e. The Labute approximate surface area is 182 Å². The van der Waals surface area contributed by atoms with E-state index in [0.29, 0.717) is 12.1 Å². The number of aromatic nitrogens is 2. The predicted octanol–water partition coefficient (Wildman–Crippen LogP) is 3.20. The van der Waals surface area contributed by atoms with Crippen molar-refractivity contribution in [3.05, 3.63) is 44.8 Å². The number of ether oxygens (including phenoxy) is 1. The zero-order valence-corrected chi connectivity index (χ0v) is 19.1. The number of unbranched alkanes of at least 4 members (excludes halogenated alkanes) is 1. The summed E-state index contributed by atoms with van der Waals surface area (Å²) in [5.41, 5.74) is -0.695. The van der Waals surface area contributed by atoms with E-state index in [9.17, 15) is 14.2 Å². The molecule has 2 heterocycles. The van der Waals surface area contributed by atoms with Crippen LogP contribution in [0.1, 0.15) is 31.6 Å². The Morgan fingerprint density at radius 1 is 1.31 bits per heavy atom. The average Bonchev–Trinajstić information content (AvgIpc) is 3.10. The van der Waals surface area contributed by atoms with Gasteiger partial charge in [0.05, 0.1) is 6.61 Å². The Bertz CT molecular complexity index is 882. The van der Waals surface area contributed by atoms with Crippen LogP contribution >= 0.6 is 42.5 Å². The molecule has 2 N–H and O–H groups in total. The Morgan fingerprint density at radius 2 is 2.03 bits per heavy atom. The van der Waals surface area contributed by atoms with E-state index in [-0.39, 0.29) is 6.61 Å². The number of hydrogen-bond acceptors (Lipinski definition) is 6. The van der Waals surface area contributed by atoms with Gasteiger partial charge in [0.2, 0.25) is 3.79 Å². The number of alkyl halides is 3. The molecule has 2 rings (SSSR count). The minimum absolute atomic E-state index is 0.125. The third-order valence-electron chi connectivity index (χ3n) is 3.87. The highest BCUT2D eigenvalue weighted by Gasteiger charge is 2.32. The van der Waals surface area contributed by atoms with Gasteiger partial charge in [-0.15, -0.1) is 0 Å². The van der Waals surface area contributed by atoms with Crippen molar-refractivity contribution in [2.75, 3.05) is 19.8 Å². The van der Waals surface area contributed by atoms with E-state index >= 15 is 0 Å². The van der Waals surface area contributed by atoms with Crippen molar-refractivity contribution in [3.63, 3.8) is 0 Å². The number of nitrogens with zero attached hydrogens (tertiary/aromatic N) is 1. The summed E-state index contributed by atoms with van der Waals surface area (Å²) < 4.78 is 28.7. The molecule has 0 aromatic carbocycles. The molecular formula is C16H23Cl3N3O6P. The lowest BCUT2D eigenvalue weighted by Crippen LogP contribution is -2.33. The first-order valence-electron chi connectivity index (χ1n) is 8.90. The monoisotopic (exact) mass is 489 g/mol. The number of hydrogen-bond donors (Lipinski definition) is 2. The molecule has 3 atom stereocenters. The topological polar surface area (TPSA) is 112 Å². The van der Waals surface area contributed by atoms with E-state index in [1.165, 1.54) is 10.8 Å². The molecule has 0 bridgehead atoms. The van der Waals surface area contributed by atoms with Gasteiger partial charge in [0.1, 0.15) is 12.7 Å². The molecule has 29 heavy (non-hydrogen) atoms. The molecule has 0 saturated carbocycles. The molecule has 1 aromatic rings. The Balaban J connectivity index is 1.98. The molecule has 0 amide bonds. The van der Waals surface area contributed by atoms with Crippen molar-refractivity contribution in [2.45, 2.75) is 42.8 Å². The molecule has 0 fully saturated rings. The lowest BCUT2D eigenvalue weighted by molar-refractivity contribution is -0.00888. The highest BCUT2D eigenvalue weighted by molar-refractivity contribution is 7.51. The first-order valence-corrected chi connectivity index (χ1v) is 11.6. The average molecular weight is 491 g/mol. The van der Waals surface area contributed by atoms with Crippen LogP contribution in [-0.2, 0) is 18.3 Å². The van der Waals surface area contributed by atoms with E-state index in [1.807, 2.05) is 6.92 Å². The van der Waals surface area contributed by atoms with Gasteiger partial charge < -0.3 is 4.74 Å². The van der Waals surface area contributed by atoms with Crippen LogP contribution in [0, 0.1) is 6.92 Å². The number of rotatable bonds is 10. The Morgan fingerprint density at radius 3 is 2.69 bits per heavy atom. The smallest absolute Gasteiger partial charge is 0.344 e. The lowest BCUT2D eigenvalue weighted by Gasteiger charge is -2.23. The van der Waals surface area contributed by atoms with Crippen molar-refractivity contribution in [3.8, 4) is 0 Å². The van der Waals surface area contributed by atoms with E-state index < -0.39 is 41.7 Å². The zero-order valence-electron chi connectivity index (χ0n) is 15.9. The summed E-state index contributed by atoms with van der Waals surface area (Å²) in [5.74, 6) is 0. The maximum atomic E-state index is 12.9. The zero-order chi connectivity index (χ0) is 21.7. The number of aryl methyl sites for hydroxylation is 1. The van der Waals surface area contributed by atoms with Crippen molar-refractivity contribution < 1.29 is 18.3 Å². The molecule has 1 aromatic heterocycles. The second kappa shape index (κ2) is 10.6. The lowest BCUT2D eigenvalue weighted by atomic mass is 10.3. The van der Waals surface area contributed by atoms with Crippen molar-refractivity contribution >= 4 is 42.5 Å². The van der Waals surface area contributed by atoms with Crippen LogP contribution < -0.4 is 16.3 Å². The molecule has 13 heteroatoms. The van der Waals surface area contributed by atoms with Crippen LogP contribution in [0.5, 0.6) is 0 Å². The van der Waals surface area contributed by atoms with Gasteiger partial charge in [-0.3, -0.25) is 23.4 Å². The van der Waals surface area contributed by atoms with Crippen molar-refractivity contribution in [1.29, 1.82) is 0 Å². The summed E-state index contributed by atoms with van der Waals surface area (Å²) >= 11 is 17.0. The maximum absolute atomic E-state index is 12.9. The van der Waals surface area contributed by atoms with Crippen LogP contribution in [0.4, 0.5) is 0 Å². The third kappa shape index (κ3) is 7.84. The molecule has 164 valence electrons. The molecule has 0 aliphatic carbocycles. The van der Waals surface area contributed by atoms with Gasteiger partial charge in [-0.2, -0.15) is 0 Å². The third-order valence-corrected chi connectivity index (χ3v) is 5.76. The molecule has 1 aliphatic heterocycles. The van der Waals surface area contributed by atoms with Crippen LogP contribution in [-0.4, -0.2) is 39.2 Å². The fourth-order valence-corrected chi connectivity index (χ4v) is 4.16. The highest BCUT2D eigenvalue weighted by atomic mass is 35.6. The van der Waals surface area contributed by atoms with Gasteiger partial charge in [0, 0.05) is 18.3 Å². The summed E-state index contributed by atoms with van der Waals surface area (Å²) in [5, 5.41) is 2.72. The minimum Gasteiger partial charge on any atom is -0.344 e. The fraction of sp³-hybridized carbons (Fsp3) is 0.625. The van der Waals surface area contributed by atoms with Gasteiger partial charge in [-0.1, -0.05) is 54.2 Å². The Hall–Kier alpha value is -0.640. The standard InChI is InChI=1S/C16H23Cl3N3O6P/c1-3-4-7-20-29(25,27-10-16(17,18)19)26-9-12-5-6-13(28-12)22-8-11(2)14(23)21-15(22)24/h5-6,8,12-13H,3-4,7,9-10H2,1-2H3,(H,20,25)(H,21,23,24)/t12-,13+,29?/m0/s1. The highest BCUT2D eigenvalue weighted by Crippen LogP contribution is 2.46. The second-order valence-electron chi connectivity index (χ2n) is 6.37. The van der Waals surface area contributed by atoms with Crippen molar-refractivity contribution in [1.82, 2.24) is 14.6 Å². The number of halogens is 3. The van der Waals surface area contributed by atoms with Gasteiger partial charge in [-0.05, 0) is 19.4 Å². The van der Waals surface area contributed by atoms with Crippen LogP contribution in [0.15, 0.2) is 27.9 Å². The normalized spacial score (nSPS) is 21.4. The minimum atomic E-state index is -3.75. The molecule has 0 radical (unpaired) electrons. The fourth-order valence-electron chi connectivity index (χ4n) is 2.37. The summed E-state index contributed by atoms with van der Waals surface area (Å²) in [7, 11) is -3.75. The molecule has 0 spiro atoms. The molecule has 0 saturated heterocycles. The molecule has 9 nitrogen and oxygen atoms in total. The first kappa shape index (κ1) is 24.6. The predicted molar refractivity (Wildman–Crippen MR) is 112 cm³/mol. The second-order valence-corrected chi connectivity index (χ2v) is 10.7. The summed E-state index contributed by atoms with van der Waals surface area (Å²) in [6.45, 7) is 3.40. The van der Waals surface area contributed by atoms with Crippen LogP contribution in [0.25, 0.3) is 0 Å². The molecular weight excluding hydrogens is 468 g/mol. The summed E-state index contributed by atoms with van der Waals surface area (Å²) in [4.78, 5) is 25.7. The SMILES string of the molecule is CCCCNP(=O)(OC[C@@H]1C=C[C@H](n2cc(C)c(=O)[nH]c2=O)O1)OCC(Cl)(Cl)Cl. The van der Waals surface area contributed by atoms with E-state index in [4.69, 9.17) is 48.6 Å².